The van der Waals surface area contributed by atoms with Gasteiger partial charge in [-0.3, -0.25) is 9.48 Å². The molecular formula is C18H22ClN3O4. The van der Waals surface area contributed by atoms with Gasteiger partial charge in [0.2, 0.25) is 0 Å². The van der Waals surface area contributed by atoms with Crippen LogP contribution in [0.5, 0.6) is 0 Å². The minimum Gasteiger partial charge on any atom is -0.479 e. The highest BCUT2D eigenvalue weighted by Gasteiger charge is 2.31. The fourth-order valence-electron chi connectivity index (χ4n) is 2.16. The number of amides is 1. The van der Waals surface area contributed by atoms with E-state index in [2.05, 4.69) is 10.4 Å². The van der Waals surface area contributed by atoms with E-state index in [1.54, 1.807) is 35.1 Å². The number of carbonyl (C=O) groups excluding carboxylic acids is 1. The number of nitrogens with one attached hydrogen (secondary N) is 1. The second-order valence-electron chi connectivity index (χ2n) is 7.25. The van der Waals surface area contributed by atoms with Gasteiger partial charge in [-0.25, -0.2) is 4.79 Å². The first-order valence-corrected chi connectivity index (χ1v) is 8.40. The molecule has 2 aromatic rings. The van der Waals surface area contributed by atoms with Crippen molar-refractivity contribution in [3.63, 3.8) is 0 Å². The molecule has 0 spiro atoms. The summed E-state index contributed by atoms with van der Waals surface area (Å²) in [4.78, 5) is 23.7. The van der Waals surface area contributed by atoms with Crippen molar-refractivity contribution in [1.82, 2.24) is 15.1 Å². The molecule has 1 aromatic heterocycles. The minimum atomic E-state index is -2.07. The van der Waals surface area contributed by atoms with Gasteiger partial charge in [0.15, 0.2) is 5.60 Å². The number of benzene rings is 1. The summed E-state index contributed by atoms with van der Waals surface area (Å²) in [5, 5.41) is 26.2. The first kappa shape index (κ1) is 19.9. The largest absolute Gasteiger partial charge is 0.479 e. The first-order chi connectivity index (χ1) is 11.9. The van der Waals surface area contributed by atoms with E-state index < -0.39 is 24.0 Å². The number of aliphatic carboxylic acids is 1. The van der Waals surface area contributed by atoms with Gasteiger partial charge in [0.1, 0.15) is 5.69 Å². The molecule has 0 bridgehead atoms. The van der Waals surface area contributed by atoms with Crippen molar-refractivity contribution in [3.8, 4) is 11.3 Å². The fraction of sp³-hybridized carbons (Fsp3) is 0.389. The lowest BCUT2D eigenvalue weighted by atomic mass is 10.1. The van der Waals surface area contributed by atoms with E-state index in [0.717, 1.165) is 6.92 Å². The molecule has 3 N–H and O–H groups in total. The van der Waals surface area contributed by atoms with Crippen molar-refractivity contribution >= 4 is 23.5 Å². The van der Waals surface area contributed by atoms with Gasteiger partial charge in [-0.2, -0.15) is 5.10 Å². The van der Waals surface area contributed by atoms with E-state index in [-0.39, 0.29) is 11.1 Å². The van der Waals surface area contributed by atoms with Gasteiger partial charge in [-0.1, -0.05) is 29.8 Å². The topological polar surface area (TPSA) is 104 Å². The van der Waals surface area contributed by atoms with Crippen LogP contribution in [0, 0.1) is 0 Å². The van der Waals surface area contributed by atoms with Gasteiger partial charge in [-0.05, 0) is 33.8 Å². The Morgan fingerprint density at radius 2 is 1.85 bits per heavy atom. The molecule has 1 atom stereocenters. The second-order valence-corrected chi connectivity index (χ2v) is 7.66. The van der Waals surface area contributed by atoms with E-state index in [4.69, 9.17) is 16.7 Å². The van der Waals surface area contributed by atoms with Crippen molar-refractivity contribution in [2.24, 2.45) is 0 Å². The normalized spacial score (nSPS) is 13.9. The number of hydrogen-bond acceptors (Lipinski definition) is 4. The summed E-state index contributed by atoms with van der Waals surface area (Å²) in [5.41, 5.74) is -1.22. The summed E-state index contributed by atoms with van der Waals surface area (Å²) in [5.74, 6) is -1.97. The molecule has 1 aromatic carbocycles. The zero-order chi connectivity index (χ0) is 19.7. The zero-order valence-corrected chi connectivity index (χ0v) is 15.8. The van der Waals surface area contributed by atoms with Crippen molar-refractivity contribution in [2.45, 2.75) is 38.8 Å². The Bertz CT molecular complexity index is 837. The van der Waals surface area contributed by atoms with E-state index in [9.17, 15) is 14.7 Å². The van der Waals surface area contributed by atoms with Gasteiger partial charge in [0.25, 0.3) is 5.91 Å². The number of rotatable bonds is 5. The highest BCUT2D eigenvalue weighted by atomic mass is 35.5. The average Bonchev–Trinajstić information content (AvgIpc) is 2.98. The maximum absolute atomic E-state index is 12.6. The minimum absolute atomic E-state index is 0.245. The summed E-state index contributed by atoms with van der Waals surface area (Å²) in [7, 11) is 0. The molecule has 0 aliphatic heterocycles. The van der Waals surface area contributed by atoms with Crippen LogP contribution in [0.3, 0.4) is 0 Å². The summed E-state index contributed by atoms with van der Waals surface area (Å²) in [6, 6.07) is 7.01. The number of hydrogen-bond donors (Lipinski definition) is 3. The number of halogens is 1. The summed E-state index contributed by atoms with van der Waals surface area (Å²) < 4.78 is 1.65. The summed E-state index contributed by atoms with van der Waals surface area (Å²) in [6.45, 7) is 6.49. The standard InChI is InChI=1S/C18H22ClN3O4/c1-17(2,3)22-9-12(15(23)20-10-18(4,26)16(24)25)14(21-22)11-7-5-6-8-13(11)19/h5-9,26H,10H2,1-4H3,(H,20,23)(H,24,25). The molecule has 2 rings (SSSR count). The number of aromatic nitrogens is 2. The predicted octanol–water partition coefficient (Wildman–Crippen LogP) is 2.52. The average molecular weight is 380 g/mol. The van der Waals surface area contributed by atoms with E-state index in [1.807, 2.05) is 20.8 Å². The summed E-state index contributed by atoms with van der Waals surface area (Å²) in [6.07, 6.45) is 1.59. The lowest BCUT2D eigenvalue weighted by Crippen LogP contribution is -2.46. The van der Waals surface area contributed by atoms with Gasteiger partial charge in [0.05, 0.1) is 22.7 Å². The SMILES string of the molecule is CC(O)(CNC(=O)c1cn(C(C)(C)C)nc1-c1ccccc1Cl)C(=O)O. The Labute approximate surface area is 156 Å². The quantitative estimate of drug-likeness (QED) is 0.740. The molecule has 1 heterocycles. The molecule has 0 saturated carbocycles. The monoisotopic (exact) mass is 379 g/mol. The van der Waals surface area contributed by atoms with Crippen molar-refractivity contribution in [2.75, 3.05) is 6.54 Å². The fourth-order valence-corrected chi connectivity index (χ4v) is 2.38. The molecule has 1 unspecified atom stereocenters. The van der Waals surface area contributed by atoms with Crippen LogP contribution in [0.15, 0.2) is 30.5 Å². The number of carbonyl (C=O) groups is 2. The van der Waals surface area contributed by atoms with Gasteiger partial charge < -0.3 is 15.5 Å². The lowest BCUT2D eigenvalue weighted by molar-refractivity contribution is -0.155. The van der Waals surface area contributed by atoms with E-state index >= 15 is 0 Å². The molecule has 0 aliphatic rings. The van der Waals surface area contributed by atoms with E-state index in [0.29, 0.717) is 16.3 Å². The summed E-state index contributed by atoms with van der Waals surface area (Å²) >= 11 is 6.25. The van der Waals surface area contributed by atoms with Crippen LogP contribution < -0.4 is 5.32 Å². The number of carboxylic acid groups (broad SMARTS) is 1. The molecule has 8 heteroatoms. The maximum atomic E-state index is 12.6. The van der Waals surface area contributed by atoms with Crippen LogP contribution in [0.4, 0.5) is 0 Å². The number of aliphatic hydroxyl groups is 1. The van der Waals surface area contributed by atoms with Gasteiger partial charge in [-0.15, -0.1) is 0 Å². The first-order valence-electron chi connectivity index (χ1n) is 8.02. The molecule has 0 aliphatic carbocycles. The second kappa shape index (κ2) is 7.09. The number of nitrogens with zero attached hydrogens (tertiary/aromatic N) is 2. The molecule has 0 fully saturated rings. The Balaban J connectivity index is 2.44. The molecule has 140 valence electrons. The third kappa shape index (κ3) is 4.23. The Morgan fingerprint density at radius 3 is 2.38 bits per heavy atom. The van der Waals surface area contributed by atoms with Crippen LogP contribution in [-0.2, 0) is 10.3 Å². The van der Waals surface area contributed by atoms with Crippen LogP contribution in [0.1, 0.15) is 38.1 Å². The highest BCUT2D eigenvalue weighted by molar-refractivity contribution is 6.33. The highest BCUT2D eigenvalue weighted by Crippen LogP contribution is 2.30. The van der Waals surface area contributed by atoms with Crippen LogP contribution >= 0.6 is 11.6 Å². The van der Waals surface area contributed by atoms with Gasteiger partial charge in [0, 0.05) is 11.8 Å². The van der Waals surface area contributed by atoms with Crippen LogP contribution in [0.2, 0.25) is 5.02 Å². The predicted molar refractivity (Wildman–Crippen MR) is 98.3 cm³/mol. The van der Waals surface area contributed by atoms with Crippen molar-refractivity contribution in [1.29, 1.82) is 0 Å². The van der Waals surface area contributed by atoms with Crippen molar-refractivity contribution in [3.05, 3.63) is 41.0 Å². The van der Waals surface area contributed by atoms with Crippen LogP contribution in [-0.4, -0.2) is 44.0 Å². The Morgan fingerprint density at radius 1 is 1.23 bits per heavy atom. The molecular weight excluding hydrogens is 358 g/mol. The van der Waals surface area contributed by atoms with E-state index in [1.165, 1.54) is 0 Å². The molecule has 7 nitrogen and oxygen atoms in total. The maximum Gasteiger partial charge on any atom is 0.337 e. The molecule has 1 amide bonds. The van der Waals surface area contributed by atoms with Gasteiger partial charge >= 0.3 is 5.97 Å². The smallest absolute Gasteiger partial charge is 0.337 e. The Hall–Kier alpha value is -2.38. The Kier molecular flexibility index (Phi) is 5.44. The zero-order valence-electron chi connectivity index (χ0n) is 15.1. The number of carboxylic acids is 1. The van der Waals surface area contributed by atoms with Crippen LogP contribution in [0.25, 0.3) is 11.3 Å². The molecule has 26 heavy (non-hydrogen) atoms. The van der Waals surface area contributed by atoms with Crippen molar-refractivity contribution < 1.29 is 19.8 Å². The lowest BCUT2D eigenvalue weighted by Gasteiger charge is -2.19. The third-order valence-electron chi connectivity index (χ3n) is 3.83. The third-order valence-corrected chi connectivity index (χ3v) is 4.16. The molecule has 0 saturated heterocycles. The molecule has 0 radical (unpaired) electrons.